The monoisotopic (exact) mass is 300 g/mol. The Morgan fingerprint density at radius 2 is 1.94 bits per heavy atom. The fraction of sp³-hybridized carbons (Fsp3) is 0.455. The van der Waals surface area contributed by atoms with Crippen molar-refractivity contribution in [2.45, 2.75) is 32.5 Å². The summed E-state index contributed by atoms with van der Waals surface area (Å²) in [4.78, 5) is 0. The third kappa shape index (κ3) is 5.45. The summed E-state index contributed by atoms with van der Waals surface area (Å²) in [6, 6.07) is 10.1. The van der Waals surface area contributed by atoms with Crippen molar-refractivity contribution < 1.29 is 8.23 Å². The van der Waals surface area contributed by atoms with E-state index in [9.17, 15) is 0 Å². The fourth-order valence-corrected chi connectivity index (χ4v) is 14.3. The maximum absolute atomic E-state index is 5.92. The van der Waals surface area contributed by atoms with Crippen molar-refractivity contribution in [2.24, 2.45) is 0 Å². The first-order valence-electron chi connectivity index (χ1n) is 6.28. The predicted octanol–water partition coefficient (Wildman–Crippen LogP) is 0.139. The smallest absolute Gasteiger partial charge is 0.186 e. The van der Waals surface area contributed by atoms with Crippen LogP contribution in [0.25, 0.3) is 0 Å². The Bertz CT molecular complexity index is 331. The van der Waals surface area contributed by atoms with E-state index in [4.69, 9.17) is 8.23 Å². The summed E-state index contributed by atoms with van der Waals surface area (Å²) in [5.41, 5.74) is 2.78. The summed E-state index contributed by atoms with van der Waals surface area (Å²) in [5, 5.41) is 0. The van der Waals surface area contributed by atoms with Crippen LogP contribution >= 0.6 is 0 Å². The van der Waals surface area contributed by atoms with Crippen molar-refractivity contribution >= 4 is 37.4 Å². The summed E-state index contributed by atoms with van der Waals surface area (Å²) in [5.74, 6) is 0. The molecule has 2 nitrogen and oxygen atoms in total. The van der Waals surface area contributed by atoms with Crippen LogP contribution in [-0.2, 0) is 14.7 Å². The first-order valence-corrected chi connectivity index (χ1v) is 14.6. The molecule has 0 fully saturated rings. The third-order valence-corrected chi connectivity index (χ3v) is 18.8. The van der Waals surface area contributed by atoms with Crippen LogP contribution in [0.5, 0.6) is 0 Å². The largest absolute Gasteiger partial charge is 0.465 e. The summed E-state index contributed by atoms with van der Waals surface area (Å²) in [6.07, 6.45) is 1.16. The molecule has 6 heteroatoms. The van der Waals surface area contributed by atoms with E-state index in [1.807, 2.05) is 0 Å². The standard InChI is InChI=1S/C11H24O2Si4/c1-10-4-6-11(7-5-10)8-9-17(3,12-14)16-13-15-2/h4-7H,8-9,15-16H2,1-3,14H3. The van der Waals surface area contributed by atoms with Gasteiger partial charge in [-0.2, -0.15) is 0 Å². The summed E-state index contributed by atoms with van der Waals surface area (Å²) in [7, 11) is -1.17. The molecule has 0 aliphatic rings. The maximum Gasteiger partial charge on any atom is 0.186 e. The molecule has 1 aromatic carbocycles. The van der Waals surface area contributed by atoms with E-state index in [0.717, 1.165) is 16.9 Å². The minimum absolute atomic E-state index is 0.228. The van der Waals surface area contributed by atoms with Crippen molar-refractivity contribution in [2.75, 3.05) is 0 Å². The van der Waals surface area contributed by atoms with Crippen LogP contribution in [0.1, 0.15) is 11.1 Å². The molecule has 0 aliphatic carbocycles. The van der Waals surface area contributed by atoms with E-state index in [1.165, 1.54) is 17.2 Å². The minimum Gasteiger partial charge on any atom is -0.465 e. The molecule has 0 amide bonds. The van der Waals surface area contributed by atoms with Gasteiger partial charge in [0.25, 0.3) is 0 Å². The Labute approximate surface area is 113 Å². The lowest BCUT2D eigenvalue weighted by atomic mass is 10.1. The molecule has 96 valence electrons. The van der Waals surface area contributed by atoms with Gasteiger partial charge in [0.15, 0.2) is 17.1 Å². The van der Waals surface area contributed by atoms with Gasteiger partial charge in [0.2, 0.25) is 0 Å². The Balaban J connectivity index is 2.49. The van der Waals surface area contributed by atoms with Crippen molar-refractivity contribution in [1.82, 2.24) is 0 Å². The lowest BCUT2D eigenvalue weighted by molar-refractivity contribution is 0.593. The predicted molar refractivity (Wildman–Crippen MR) is 86.4 cm³/mol. The molecule has 1 aromatic rings. The second kappa shape index (κ2) is 7.44. The molecular weight excluding hydrogens is 276 g/mol. The molecule has 1 rings (SSSR count). The molecule has 0 N–H and O–H groups in total. The van der Waals surface area contributed by atoms with Gasteiger partial charge in [0, 0.05) is 0 Å². The van der Waals surface area contributed by atoms with Gasteiger partial charge in [0.05, 0.1) is 0 Å². The Hall–Kier alpha value is 0.00753. The fourth-order valence-electron chi connectivity index (χ4n) is 1.71. The van der Waals surface area contributed by atoms with E-state index < -0.39 is 7.83 Å². The van der Waals surface area contributed by atoms with Gasteiger partial charge in [0.1, 0.15) is 20.2 Å². The number of rotatable bonds is 7. The van der Waals surface area contributed by atoms with Gasteiger partial charge in [-0.3, -0.25) is 0 Å². The topological polar surface area (TPSA) is 18.5 Å². The quantitative estimate of drug-likeness (QED) is 0.667. The molecular formula is C11H24O2Si4. The van der Waals surface area contributed by atoms with Gasteiger partial charge in [-0.1, -0.05) is 36.4 Å². The number of aryl methyl sites for hydroxylation is 2. The zero-order chi connectivity index (χ0) is 12.7. The summed E-state index contributed by atoms with van der Waals surface area (Å²) >= 11 is 0. The summed E-state index contributed by atoms with van der Waals surface area (Å²) in [6.45, 7) is 6.72. The summed E-state index contributed by atoms with van der Waals surface area (Å²) < 4.78 is 11.8. The van der Waals surface area contributed by atoms with Crippen LogP contribution in [0.3, 0.4) is 0 Å². The van der Waals surface area contributed by atoms with E-state index in [-0.39, 0.29) is 19.0 Å². The molecule has 0 saturated heterocycles. The highest BCUT2D eigenvalue weighted by Crippen LogP contribution is 2.14. The molecule has 0 aliphatic heterocycles. The van der Waals surface area contributed by atoms with Gasteiger partial charge >= 0.3 is 0 Å². The zero-order valence-electron chi connectivity index (χ0n) is 11.5. The van der Waals surface area contributed by atoms with Crippen LogP contribution < -0.4 is 0 Å². The van der Waals surface area contributed by atoms with Gasteiger partial charge < -0.3 is 8.23 Å². The first-order chi connectivity index (χ1) is 8.09. The average molecular weight is 301 g/mol. The first kappa shape index (κ1) is 15.1. The lowest BCUT2D eigenvalue weighted by Crippen LogP contribution is -2.43. The Morgan fingerprint density at radius 1 is 1.29 bits per heavy atom. The average Bonchev–Trinajstić information content (AvgIpc) is 2.36. The number of hydrogen-bond donors (Lipinski definition) is 0. The van der Waals surface area contributed by atoms with Crippen LogP contribution in [0.4, 0.5) is 0 Å². The van der Waals surface area contributed by atoms with Crippen LogP contribution in [-0.4, -0.2) is 37.4 Å². The van der Waals surface area contributed by atoms with Crippen LogP contribution in [0.2, 0.25) is 19.1 Å². The molecule has 0 heterocycles. The Kier molecular flexibility index (Phi) is 6.60. The highest BCUT2D eigenvalue weighted by Gasteiger charge is 2.27. The lowest BCUT2D eigenvalue weighted by Gasteiger charge is -2.25. The van der Waals surface area contributed by atoms with Crippen molar-refractivity contribution in [1.29, 1.82) is 0 Å². The SMILES string of the molecule is C[SiH2]O[SiH2][Si](C)(CCc1ccc(C)cc1)O[SiH3]. The van der Waals surface area contributed by atoms with Crippen LogP contribution in [0.15, 0.2) is 24.3 Å². The molecule has 0 saturated carbocycles. The van der Waals surface area contributed by atoms with Crippen molar-refractivity contribution in [3.63, 3.8) is 0 Å². The molecule has 0 bridgehead atoms. The third-order valence-electron chi connectivity index (χ3n) is 3.17. The molecule has 1 atom stereocenters. The second-order valence-electron chi connectivity index (χ2n) is 4.78. The highest BCUT2D eigenvalue weighted by molar-refractivity contribution is 7.20. The molecule has 1 unspecified atom stereocenters. The van der Waals surface area contributed by atoms with Crippen molar-refractivity contribution in [3.05, 3.63) is 35.4 Å². The zero-order valence-corrected chi connectivity index (χ0v) is 17.3. The molecule has 0 aromatic heterocycles. The van der Waals surface area contributed by atoms with Crippen molar-refractivity contribution in [3.8, 4) is 0 Å². The van der Waals surface area contributed by atoms with Gasteiger partial charge in [-0.15, -0.1) is 0 Å². The number of hydrogen-bond acceptors (Lipinski definition) is 2. The highest BCUT2D eigenvalue weighted by atomic mass is 29.2. The van der Waals surface area contributed by atoms with E-state index in [1.54, 1.807) is 0 Å². The van der Waals surface area contributed by atoms with E-state index >= 15 is 0 Å². The number of benzene rings is 1. The second-order valence-corrected chi connectivity index (χ2v) is 17.7. The van der Waals surface area contributed by atoms with E-state index in [0.29, 0.717) is 0 Å². The maximum atomic E-state index is 5.92. The van der Waals surface area contributed by atoms with E-state index in [2.05, 4.69) is 44.3 Å². The Morgan fingerprint density at radius 3 is 2.47 bits per heavy atom. The molecule has 0 spiro atoms. The van der Waals surface area contributed by atoms with Gasteiger partial charge in [-0.25, -0.2) is 0 Å². The normalized spacial score (nSPS) is 16.2. The molecule has 17 heavy (non-hydrogen) atoms. The molecule has 0 radical (unpaired) electrons. The van der Waals surface area contributed by atoms with Gasteiger partial charge in [-0.05, 0) is 31.5 Å². The minimum atomic E-state index is -1.43. The van der Waals surface area contributed by atoms with Crippen LogP contribution in [0, 0.1) is 6.92 Å².